The molecule has 2 aromatic rings. The minimum absolute atomic E-state index is 0.00273. The molecular formula is C12H13N3O2. The molecule has 0 atom stereocenters. The molecule has 1 N–H and O–H groups in total. The predicted molar refractivity (Wildman–Crippen MR) is 62.2 cm³/mol. The third kappa shape index (κ3) is 2.18. The van der Waals surface area contributed by atoms with Crippen molar-refractivity contribution in [3.05, 3.63) is 41.5 Å². The van der Waals surface area contributed by atoms with Crippen molar-refractivity contribution in [3.63, 3.8) is 0 Å². The monoisotopic (exact) mass is 231 g/mol. The van der Waals surface area contributed by atoms with Gasteiger partial charge in [0.15, 0.2) is 0 Å². The Morgan fingerprint density at radius 1 is 1.35 bits per heavy atom. The van der Waals surface area contributed by atoms with E-state index in [2.05, 4.69) is 10.1 Å². The fourth-order valence-electron chi connectivity index (χ4n) is 1.82. The second-order valence-electron chi connectivity index (χ2n) is 3.84. The third-order valence-electron chi connectivity index (χ3n) is 2.68. The number of aliphatic carboxylic acids is 1. The van der Waals surface area contributed by atoms with Crippen LogP contribution in [0.3, 0.4) is 0 Å². The lowest BCUT2D eigenvalue weighted by Crippen LogP contribution is -2.03. The first-order valence-electron chi connectivity index (χ1n) is 5.27. The molecule has 2 heterocycles. The lowest BCUT2D eigenvalue weighted by Gasteiger charge is -2.03. The van der Waals surface area contributed by atoms with E-state index in [-0.39, 0.29) is 6.42 Å². The van der Waals surface area contributed by atoms with Crippen molar-refractivity contribution >= 4 is 5.97 Å². The van der Waals surface area contributed by atoms with Crippen LogP contribution in [0, 0.1) is 13.8 Å². The molecule has 0 aliphatic heterocycles. The van der Waals surface area contributed by atoms with Crippen LogP contribution in [0.15, 0.2) is 24.5 Å². The topological polar surface area (TPSA) is 68.0 Å². The van der Waals surface area contributed by atoms with Gasteiger partial charge in [-0.05, 0) is 26.0 Å². The van der Waals surface area contributed by atoms with Gasteiger partial charge in [0.1, 0.15) is 0 Å². The van der Waals surface area contributed by atoms with E-state index < -0.39 is 5.97 Å². The first-order valence-corrected chi connectivity index (χ1v) is 5.27. The fraction of sp³-hybridized carbons (Fsp3) is 0.250. The van der Waals surface area contributed by atoms with Gasteiger partial charge in [-0.15, -0.1) is 0 Å². The van der Waals surface area contributed by atoms with Crippen LogP contribution in [0.4, 0.5) is 0 Å². The highest BCUT2D eigenvalue weighted by atomic mass is 16.4. The second-order valence-corrected chi connectivity index (χ2v) is 3.84. The SMILES string of the molecule is Cc1nn(-c2ccncc2)c(C)c1CC(=O)O. The molecule has 2 aromatic heterocycles. The Balaban J connectivity index is 2.48. The van der Waals surface area contributed by atoms with Gasteiger partial charge >= 0.3 is 5.97 Å². The van der Waals surface area contributed by atoms with Crippen molar-refractivity contribution < 1.29 is 9.90 Å². The molecule has 0 saturated carbocycles. The van der Waals surface area contributed by atoms with Gasteiger partial charge in [-0.2, -0.15) is 5.10 Å². The molecule has 0 fully saturated rings. The summed E-state index contributed by atoms with van der Waals surface area (Å²) in [5.74, 6) is -0.842. The highest BCUT2D eigenvalue weighted by Gasteiger charge is 2.14. The molecular weight excluding hydrogens is 218 g/mol. The van der Waals surface area contributed by atoms with Crippen LogP contribution in [0.1, 0.15) is 17.0 Å². The zero-order chi connectivity index (χ0) is 12.4. The zero-order valence-corrected chi connectivity index (χ0v) is 9.71. The Labute approximate surface area is 98.7 Å². The van der Waals surface area contributed by atoms with E-state index in [1.165, 1.54) is 0 Å². The molecule has 0 amide bonds. The van der Waals surface area contributed by atoms with Crippen molar-refractivity contribution in [2.75, 3.05) is 0 Å². The molecule has 0 aromatic carbocycles. The minimum Gasteiger partial charge on any atom is -0.481 e. The summed E-state index contributed by atoms with van der Waals surface area (Å²) in [6.45, 7) is 3.70. The van der Waals surface area contributed by atoms with Crippen LogP contribution < -0.4 is 0 Å². The molecule has 2 rings (SSSR count). The van der Waals surface area contributed by atoms with Gasteiger partial charge in [-0.1, -0.05) is 0 Å². The number of hydrogen-bond donors (Lipinski definition) is 1. The maximum absolute atomic E-state index is 10.8. The standard InChI is InChI=1S/C12H13N3O2/c1-8-11(7-12(16)17)9(2)15(14-8)10-3-5-13-6-4-10/h3-6H,7H2,1-2H3,(H,16,17). The normalized spacial score (nSPS) is 10.5. The average molecular weight is 231 g/mol. The zero-order valence-electron chi connectivity index (χ0n) is 9.71. The van der Waals surface area contributed by atoms with E-state index in [9.17, 15) is 4.79 Å². The Morgan fingerprint density at radius 3 is 2.59 bits per heavy atom. The Bertz CT molecular complexity index is 546. The predicted octanol–water partition coefficient (Wildman–Crippen LogP) is 1.51. The largest absolute Gasteiger partial charge is 0.481 e. The van der Waals surface area contributed by atoms with Gasteiger partial charge < -0.3 is 5.11 Å². The van der Waals surface area contributed by atoms with Gasteiger partial charge in [0, 0.05) is 23.7 Å². The number of nitrogens with zero attached hydrogens (tertiary/aromatic N) is 3. The first kappa shape index (κ1) is 11.3. The number of aromatic nitrogens is 3. The maximum Gasteiger partial charge on any atom is 0.307 e. The first-order chi connectivity index (χ1) is 8.09. The maximum atomic E-state index is 10.8. The fourth-order valence-corrected chi connectivity index (χ4v) is 1.82. The van der Waals surface area contributed by atoms with E-state index in [0.717, 1.165) is 22.6 Å². The number of aryl methyl sites for hydroxylation is 1. The Morgan fingerprint density at radius 2 is 2.00 bits per heavy atom. The molecule has 5 nitrogen and oxygen atoms in total. The molecule has 88 valence electrons. The van der Waals surface area contributed by atoms with E-state index in [4.69, 9.17) is 5.11 Å². The molecule has 0 saturated heterocycles. The molecule has 0 spiro atoms. The number of rotatable bonds is 3. The lowest BCUT2D eigenvalue weighted by molar-refractivity contribution is -0.136. The Kier molecular flexibility index (Phi) is 2.91. The minimum atomic E-state index is -0.842. The third-order valence-corrected chi connectivity index (χ3v) is 2.68. The second kappa shape index (κ2) is 4.37. The summed E-state index contributed by atoms with van der Waals surface area (Å²) < 4.78 is 1.75. The number of carbonyl (C=O) groups is 1. The summed E-state index contributed by atoms with van der Waals surface area (Å²) in [5.41, 5.74) is 3.27. The summed E-state index contributed by atoms with van der Waals surface area (Å²) in [5, 5.41) is 13.2. The van der Waals surface area contributed by atoms with Crippen LogP contribution in [0.5, 0.6) is 0 Å². The van der Waals surface area contributed by atoms with Crippen molar-refractivity contribution in [1.82, 2.24) is 14.8 Å². The number of hydrogen-bond acceptors (Lipinski definition) is 3. The van der Waals surface area contributed by atoms with Crippen molar-refractivity contribution in [3.8, 4) is 5.69 Å². The Hall–Kier alpha value is -2.17. The van der Waals surface area contributed by atoms with E-state index in [1.54, 1.807) is 17.1 Å². The number of pyridine rings is 1. The molecule has 5 heteroatoms. The smallest absolute Gasteiger partial charge is 0.307 e. The highest BCUT2D eigenvalue weighted by Crippen LogP contribution is 2.17. The van der Waals surface area contributed by atoms with Gasteiger partial charge in [-0.25, -0.2) is 4.68 Å². The van der Waals surface area contributed by atoms with E-state index in [1.807, 2.05) is 26.0 Å². The molecule has 0 aliphatic carbocycles. The molecule has 0 unspecified atom stereocenters. The summed E-state index contributed by atoms with van der Waals surface area (Å²) in [4.78, 5) is 14.7. The molecule has 17 heavy (non-hydrogen) atoms. The summed E-state index contributed by atoms with van der Waals surface area (Å²) in [6.07, 6.45) is 3.37. The van der Waals surface area contributed by atoms with Crippen LogP contribution >= 0.6 is 0 Å². The van der Waals surface area contributed by atoms with Gasteiger partial charge in [0.25, 0.3) is 0 Å². The van der Waals surface area contributed by atoms with Gasteiger partial charge in [0.2, 0.25) is 0 Å². The summed E-state index contributed by atoms with van der Waals surface area (Å²) in [7, 11) is 0. The summed E-state index contributed by atoms with van der Waals surface area (Å²) >= 11 is 0. The van der Waals surface area contributed by atoms with Crippen molar-refractivity contribution in [1.29, 1.82) is 0 Å². The van der Waals surface area contributed by atoms with E-state index >= 15 is 0 Å². The van der Waals surface area contributed by atoms with E-state index in [0.29, 0.717) is 0 Å². The lowest BCUT2D eigenvalue weighted by atomic mass is 10.1. The average Bonchev–Trinajstić information content (AvgIpc) is 2.58. The molecule has 0 bridgehead atoms. The van der Waals surface area contributed by atoms with Crippen LogP contribution in [-0.4, -0.2) is 25.8 Å². The quantitative estimate of drug-likeness (QED) is 0.869. The highest BCUT2D eigenvalue weighted by molar-refractivity contribution is 5.71. The van der Waals surface area contributed by atoms with Crippen LogP contribution in [0.2, 0.25) is 0 Å². The number of carboxylic acids is 1. The van der Waals surface area contributed by atoms with Crippen molar-refractivity contribution in [2.24, 2.45) is 0 Å². The van der Waals surface area contributed by atoms with Gasteiger partial charge in [0.05, 0.1) is 17.8 Å². The van der Waals surface area contributed by atoms with Crippen LogP contribution in [-0.2, 0) is 11.2 Å². The summed E-state index contributed by atoms with van der Waals surface area (Å²) in [6, 6.07) is 3.67. The molecule has 0 aliphatic rings. The number of carboxylic acid groups (broad SMARTS) is 1. The van der Waals surface area contributed by atoms with Crippen LogP contribution in [0.25, 0.3) is 5.69 Å². The van der Waals surface area contributed by atoms with Crippen molar-refractivity contribution in [2.45, 2.75) is 20.3 Å². The van der Waals surface area contributed by atoms with Gasteiger partial charge in [-0.3, -0.25) is 9.78 Å². The molecule has 0 radical (unpaired) electrons.